The van der Waals surface area contributed by atoms with Crippen molar-refractivity contribution in [2.24, 2.45) is 0 Å². The molecular weight excluding hydrogens is 248 g/mol. The molecule has 2 aromatic rings. The number of benzene rings is 2. The highest BCUT2D eigenvalue weighted by Crippen LogP contribution is 2.30. The Morgan fingerprint density at radius 3 is 2.65 bits per heavy atom. The first-order chi connectivity index (χ1) is 9.78. The summed E-state index contributed by atoms with van der Waals surface area (Å²) in [5.74, 6) is -0.0869. The molecule has 98 valence electrons. The van der Waals surface area contributed by atoms with Crippen molar-refractivity contribution in [3.05, 3.63) is 70.8 Å². The lowest BCUT2D eigenvalue weighted by Crippen LogP contribution is -2.27. The lowest BCUT2D eigenvalue weighted by molar-refractivity contribution is 0.0936. The molecule has 0 heterocycles. The lowest BCUT2D eigenvalue weighted by atomic mass is 10.1. The molecule has 0 unspecified atom stereocenters. The minimum atomic E-state index is -0.0869. The maximum absolute atomic E-state index is 12.2. The van der Waals surface area contributed by atoms with Gasteiger partial charge in [0.1, 0.15) is 0 Å². The summed E-state index contributed by atoms with van der Waals surface area (Å²) in [6.07, 6.45) is 1.95. The SMILES string of the molecule is N#Cc1ccc(C(=O)N[C@@H]2CCc3ccccc32)cc1. The number of nitrogens with one attached hydrogen (secondary N) is 1. The van der Waals surface area contributed by atoms with Crippen LogP contribution >= 0.6 is 0 Å². The van der Waals surface area contributed by atoms with Crippen molar-refractivity contribution in [2.75, 3.05) is 0 Å². The molecule has 2 aromatic carbocycles. The van der Waals surface area contributed by atoms with Crippen LogP contribution in [0.4, 0.5) is 0 Å². The summed E-state index contributed by atoms with van der Waals surface area (Å²) in [4.78, 5) is 12.2. The Bertz CT molecular complexity index is 683. The van der Waals surface area contributed by atoms with Gasteiger partial charge in [0.25, 0.3) is 5.91 Å². The van der Waals surface area contributed by atoms with Gasteiger partial charge in [-0.3, -0.25) is 4.79 Å². The Balaban J connectivity index is 1.75. The first kappa shape index (κ1) is 12.4. The molecule has 1 aliphatic carbocycles. The normalized spacial score (nSPS) is 16.2. The van der Waals surface area contributed by atoms with E-state index in [1.165, 1.54) is 11.1 Å². The van der Waals surface area contributed by atoms with E-state index in [4.69, 9.17) is 5.26 Å². The van der Waals surface area contributed by atoms with Gasteiger partial charge in [0.05, 0.1) is 17.7 Å². The van der Waals surface area contributed by atoms with Crippen molar-refractivity contribution >= 4 is 5.91 Å². The molecule has 1 atom stereocenters. The molecule has 3 nitrogen and oxygen atoms in total. The highest BCUT2D eigenvalue weighted by molar-refractivity contribution is 5.94. The Labute approximate surface area is 117 Å². The predicted molar refractivity (Wildman–Crippen MR) is 76.1 cm³/mol. The predicted octanol–water partition coefficient (Wildman–Crippen LogP) is 2.98. The molecule has 0 bridgehead atoms. The summed E-state index contributed by atoms with van der Waals surface area (Å²) in [7, 11) is 0. The Morgan fingerprint density at radius 2 is 1.90 bits per heavy atom. The third kappa shape index (κ3) is 2.28. The lowest BCUT2D eigenvalue weighted by Gasteiger charge is -2.14. The number of hydrogen-bond acceptors (Lipinski definition) is 2. The second-order valence-electron chi connectivity index (χ2n) is 4.95. The van der Waals surface area contributed by atoms with E-state index in [0.717, 1.165) is 12.8 Å². The summed E-state index contributed by atoms with van der Waals surface area (Å²) in [5, 5.41) is 11.8. The molecular formula is C17H14N2O. The fraction of sp³-hybridized carbons (Fsp3) is 0.176. The largest absolute Gasteiger partial charge is 0.345 e. The van der Waals surface area contributed by atoms with E-state index in [-0.39, 0.29) is 11.9 Å². The molecule has 0 radical (unpaired) electrons. The molecule has 0 saturated carbocycles. The first-order valence-electron chi connectivity index (χ1n) is 6.67. The average molecular weight is 262 g/mol. The van der Waals surface area contributed by atoms with E-state index in [2.05, 4.69) is 17.4 Å². The van der Waals surface area contributed by atoms with Gasteiger partial charge in [-0.15, -0.1) is 0 Å². The fourth-order valence-electron chi connectivity index (χ4n) is 2.64. The Hall–Kier alpha value is -2.60. The summed E-state index contributed by atoms with van der Waals surface area (Å²) in [5.41, 5.74) is 3.69. The zero-order chi connectivity index (χ0) is 13.9. The van der Waals surface area contributed by atoms with Gasteiger partial charge in [-0.1, -0.05) is 24.3 Å². The summed E-state index contributed by atoms with van der Waals surface area (Å²) >= 11 is 0. The zero-order valence-electron chi connectivity index (χ0n) is 11.0. The highest BCUT2D eigenvalue weighted by Gasteiger charge is 2.23. The van der Waals surface area contributed by atoms with Crippen LogP contribution in [0.5, 0.6) is 0 Å². The molecule has 3 rings (SSSR count). The third-order valence-electron chi connectivity index (χ3n) is 3.71. The van der Waals surface area contributed by atoms with Crippen molar-refractivity contribution < 1.29 is 4.79 Å². The van der Waals surface area contributed by atoms with Crippen LogP contribution in [0.3, 0.4) is 0 Å². The molecule has 20 heavy (non-hydrogen) atoms. The van der Waals surface area contributed by atoms with E-state index in [1.807, 2.05) is 18.2 Å². The van der Waals surface area contributed by atoms with Crippen LogP contribution in [0.2, 0.25) is 0 Å². The number of nitrogens with zero attached hydrogens (tertiary/aromatic N) is 1. The van der Waals surface area contributed by atoms with Gasteiger partial charge in [0.2, 0.25) is 0 Å². The molecule has 3 heteroatoms. The minimum Gasteiger partial charge on any atom is -0.345 e. The molecule has 1 amide bonds. The molecule has 1 N–H and O–H groups in total. The van der Waals surface area contributed by atoms with Crippen LogP contribution in [-0.4, -0.2) is 5.91 Å². The smallest absolute Gasteiger partial charge is 0.251 e. The summed E-state index contributed by atoms with van der Waals surface area (Å²) in [6.45, 7) is 0. The number of carbonyl (C=O) groups excluding carboxylic acids is 1. The van der Waals surface area contributed by atoms with Crippen molar-refractivity contribution in [3.63, 3.8) is 0 Å². The Morgan fingerprint density at radius 1 is 1.15 bits per heavy atom. The molecule has 0 spiro atoms. The zero-order valence-corrected chi connectivity index (χ0v) is 11.0. The monoisotopic (exact) mass is 262 g/mol. The van der Waals surface area contributed by atoms with Gasteiger partial charge in [0, 0.05) is 5.56 Å². The van der Waals surface area contributed by atoms with Crippen molar-refractivity contribution in [2.45, 2.75) is 18.9 Å². The topological polar surface area (TPSA) is 52.9 Å². The number of aryl methyl sites for hydroxylation is 1. The first-order valence-corrected chi connectivity index (χ1v) is 6.67. The standard InChI is InChI=1S/C17H14N2O/c18-11-12-5-7-14(8-6-12)17(20)19-16-10-9-13-3-1-2-4-15(13)16/h1-8,16H,9-10H2,(H,19,20)/t16-/m1/s1. The average Bonchev–Trinajstić information content (AvgIpc) is 2.91. The van der Waals surface area contributed by atoms with Crippen LogP contribution in [0.15, 0.2) is 48.5 Å². The Kier molecular flexibility index (Phi) is 3.22. The quantitative estimate of drug-likeness (QED) is 0.904. The molecule has 0 aromatic heterocycles. The van der Waals surface area contributed by atoms with Crippen molar-refractivity contribution in [3.8, 4) is 6.07 Å². The van der Waals surface area contributed by atoms with Crippen molar-refractivity contribution in [1.82, 2.24) is 5.32 Å². The van der Waals surface area contributed by atoms with Crippen LogP contribution in [0.1, 0.15) is 39.5 Å². The van der Waals surface area contributed by atoms with E-state index in [0.29, 0.717) is 11.1 Å². The van der Waals surface area contributed by atoms with Crippen LogP contribution in [0, 0.1) is 11.3 Å². The van der Waals surface area contributed by atoms with Gasteiger partial charge >= 0.3 is 0 Å². The highest BCUT2D eigenvalue weighted by atomic mass is 16.1. The van der Waals surface area contributed by atoms with Crippen LogP contribution in [0.25, 0.3) is 0 Å². The van der Waals surface area contributed by atoms with Crippen LogP contribution < -0.4 is 5.32 Å². The third-order valence-corrected chi connectivity index (χ3v) is 3.71. The second-order valence-corrected chi connectivity index (χ2v) is 4.95. The second kappa shape index (κ2) is 5.18. The van der Waals surface area contributed by atoms with Gasteiger partial charge in [-0.2, -0.15) is 5.26 Å². The number of fused-ring (bicyclic) bond motifs is 1. The van der Waals surface area contributed by atoms with Gasteiger partial charge in [0.15, 0.2) is 0 Å². The van der Waals surface area contributed by atoms with Gasteiger partial charge in [-0.05, 0) is 48.2 Å². The number of nitriles is 1. The fourth-order valence-corrected chi connectivity index (χ4v) is 2.64. The van der Waals surface area contributed by atoms with Gasteiger partial charge in [-0.25, -0.2) is 0 Å². The summed E-state index contributed by atoms with van der Waals surface area (Å²) < 4.78 is 0. The number of rotatable bonds is 2. The maximum atomic E-state index is 12.2. The summed E-state index contributed by atoms with van der Waals surface area (Å²) in [6, 6.07) is 17.1. The maximum Gasteiger partial charge on any atom is 0.251 e. The minimum absolute atomic E-state index is 0.0869. The van der Waals surface area contributed by atoms with Crippen molar-refractivity contribution in [1.29, 1.82) is 5.26 Å². The molecule has 0 aliphatic heterocycles. The van der Waals surface area contributed by atoms with E-state index in [1.54, 1.807) is 24.3 Å². The number of carbonyl (C=O) groups is 1. The number of amides is 1. The van der Waals surface area contributed by atoms with E-state index >= 15 is 0 Å². The van der Waals surface area contributed by atoms with E-state index < -0.39 is 0 Å². The number of hydrogen-bond donors (Lipinski definition) is 1. The molecule has 0 saturated heterocycles. The molecule has 1 aliphatic rings. The van der Waals surface area contributed by atoms with Gasteiger partial charge < -0.3 is 5.32 Å². The van der Waals surface area contributed by atoms with Crippen LogP contribution in [-0.2, 0) is 6.42 Å². The molecule has 0 fully saturated rings. The van der Waals surface area contributed by atoms with E-state index in [9.17, 15) is 4.79 Å².